The van der Waals surface area contributed by atoms with Crippen LogP contribution in [0.4, 0.5) is 15.0 Å². The van der Waals surface area contributed by atoms with Crippen LogP contribution in [-0.4, -0.2) is 95.1 Å². The van der Waals surface area contributed by atoms with Gasteiger partial charge in [-0.3, -0.25) is 9.80 Å². The molecule has 5 aliphatic rings. The third-order valence-electron chi connectivity index (χ3n) is 9.88. The number of halogens is 2. The van der Waals surface area contributed by atoms with Crippen molar-refractivity contribution in [3.63, 3.8) is 0 Å². The van der Waals surface area contributed by atoms with E-state index in [9.17, 15) is 4.79 Å². The van der Waals surface area contributed by atoms with E-state index in [1.165, 1.54) is 0 Å². The fraction of sp³-hybridized carbons (Fsp3) is 0.719. The second kappa shape index (κ2) is 10.7. The molecular formula is C32H43BrFN5O4. The van der Waals surface area contributed by atoms with Crippen LogP contribution >= 0.6 is 15.9 Å². The molecule has 1 aromatic heterocycles. The average Bonchev–Trinajstić information content (AvgIpc) is 3.23. The predicted octanol–water partition coefficient (Wildman–Crippen LogP) is 5.88. The van der Waals surface area contributed by atoms with E-state index in [1.54, 1.807) is 0 Å². The largest absolute Gasteiger partial charge is 0.463 e. The van der Waals surface area contributed by atoms with Crippen LogP contribution in [0.1, 0.15) is 78.2 Å². The van der Waals surface area contributed by atoms with Gasteiger partial charge in [-0.15, -0.1) is 0 Å². The van der Waals surface area contributed by atoms with Crippen LogP contribution in [0.15, 0.2) is 10.5 Å². The number of nitrogens with zero attached hydrogens (tertiary/aromatic N) is 5. The Labute approximate surface area is 261 Å². The molecule has 4 aliphatic heterocycles. The van der Waals surface area contributed by atoms with E-state index in [0.29, 0.717) is 47.5 Å². The zero-order valence-corrected chi connectivity index (χ0v) is 27.5. The topological polar surface area (TPSA) is 80.3 Å². The van der Waals surface area contributed by atoms with Gasteiger partial charge in [0.2, 0.25) is 0 Å². The molecule has 1 aromatic carbocycles. The molecule has 1 saturated carbocycles. The molecule has 1 amide bonds. The third kappa shape index (κ3) is 5.58. The summed E-state index contributed by atoms with van der Waals surface area (Å²) in [5.74, 6) is 0.394. The molecule has 0 N–H and O–H groups in total. The lowest BCUT2D eigenvalue weighted by atomic mass is 10.0. The van der Waals surface area contributed by atoms with E-state index < -0.39 is 5.60 Å². The first kappa shape index (κ1) is 29.5. The Morgan fingerprint density at radius 1 is 1.16 bits per heavy atom. The van der Waals surface area contributed by atoms with Crippen molar-refractivity contribution in [3.8, 4) is 6.01 Å². The molecule has 7 rings (SSSR count). The maximum absolute atomic E-state index is 16.0. The Kier molecular flexibility index (Phi) is 7.32. The normalized spacial score (nSPS) is 27.9. The van der Waals surface area contributed by atoms with Gasteiger partial charge >= 0.3 is 12.1 Å². The minimum Gasteiger partial charge on any atom is -0.463 e. The number of amides is 1. The summed E-state index contributed by atoms with van der Waals surface area (Å²) in [6, 6.07) is 2.75. The molecule has 0 spiro atoms. The minimum atomic E-state index is -0.554. The Morgan fingerprint density at radius 3 is 2.47 bits per heavy atom. The number of aromatic nitrogens is 2. The number of rotatable bonds is 7. The Balaban J connectivity index is 1.17. The van der Waals surface area contributed by atoms with Crippen molar-refractivity contribution in [1.29, 1.82) is 0 Å². The Hall–Kier alpha value is -2.24. The molecule has 4 bridgehead atoms. The van der Waals surface area contributed by atoms with Crippen LogP contribution in [0.25, 0.3) is 10.9 Å². The molecule has 11 heteroatoms. The Bertz CT molecular complexity index is 1410. The molecular weight excluding hydrogens is 617 g/mol. The van der Waals surface area contributed by atoms with Gasteiger partial charge < -0.3 is 19.1 Å². The number of morpholine rings is 1. The van der Waals surface area contributed by atoms with E-state index in [2.05, 4.69) is 44.6 Å². The number of ether oxygens (including phenoxy) is 3. The minimum absolute atomic E-state index is 0.00218. The molecule has 0 radical (unpaired) electrons. The first-order valence-corrected chi connectivity index (χ1v) is 16.6. The first-order chi connectivity index (χ1) is 20.4. The molecule has 5 fully saturated rings. The lowest BCUT2D eigenvalue weighted by Gasteiger charge is -2.42. The molecule has 5 heterocycles. The maximum Gasteiger partial charge on any atom is 0.410 e. The molecule has 2 unspecified atom stereocenters. The van der Waals surface area contributed by atoms with E-state index in [-0.39, 0.29) is 46.9 Å². The number of carbonyl (C=O) groups excluding carboxylic acids is 1. The van der Waals surface area contributed by atoms with Gasteiger partial charge in [0.15, 0.2) is 5.82 Å². The lowest BCUT2D eigenvalue weighted by Crippen LogP contribution is -2.57. The van der Waals surface area contributed by atoms with E-state index >= 15 is 4.39 Å². The standard InChI is InChI=1S/C32H43BrFN5O4/c1-18(2)23-11-24-27(26(34)25(23)33)35-29(42-17-32(8-9-32)16-38-14-22-10-21(38)15-41-22)36-28(24)37-12-19-6-7-20(13-37)39(19)30(40)43-31(3,4)5/h11,18-22H,6-10,12-17H2,1-5H3/t19?,20?,21-,22-/m0/s1. The maximum atomic E-state index is 16.0. The van der Waals surface area contributed by atoms with Gasteiger partial charge in [0.1, 0.15) is 16.9 Å². The highest BCUT2D eigenvalue weighted by atomic mass is 79.9. The van der Waals surface area contributed by atoms with Crippen LogP contribution in [0, 0.1) is 11.2 Å². The SMILES string of the molecule is CC(C)c1cc2c(N3CC4CCC(C3)N4C(=O)OC(C)(C)C)nc(OCC3(CN4C[C@@H]5C[C@H]4CO5)CC3)nc2c(F)c1Br. The third-order valence-corrected chi connectivity index (χ3v) is 10.7. The van der Waals surface area contributed by atoms with Crippen molar-refractivity contribution in [2.24, 2.45) is 5.41 Å². The number of piperazine rings is 1. The highest BCUT2D eigenvalue weighted by Crippen LogP contribution is 2.48. The molecule has 1 aliphatic carbocycles. The summed E-state index contributed by atoms with van der Waals surface area (Å²) in [7, 11) is 0. The summed E-state index contributed by atoms with van der Waals surface area (Å²) >= 11 is 3.51. The zero-order chi connectivity index (χ0) is 30.3. The number of hydrogen-bond donors (Lipinski definition) is 0. The predicted molar refractivity (Wildman–Crippen MR) is 165 cm³/mol. The van der Waals surface area contributed by atoms with Crippen LogP contribution in [0.5, 0.6) is 6.01 Å². The highest BCUT2D eigenvalue weighted by molar-refractivity contribution is 9.10. The fourth-order valence-corrected chi connectivity index (χ4v) is 8.21. The highest BCUT2D eigenvalue weighted by Gasteiger charge is 2.50. The van der Waals surface area contributed by atoms with Gasteiger partial charge in [-0.2, -0.15) is 9.97 Å². The van der Waals surface area contributed by atoms with E-state index in [4.69, 9.17) is 19.2 Å². The van der Waals surface area contributed by atoms with Crippen molar-refractivity contribution >= 4 is 38.7 Å². The van der Waals surface area contributed by atoms with E-state index in [1.807, 2.05) is 31.7 Å². The number of hydrogen-bond acceptors (Lipinski definition) is 8. The first-order valence-electron chi connectivity index (χ1n) is 15.8. The summed E-state index contributed by atoms with van der Waals surface area (Å²) in [6.45, 7) is 14.3. The summed E-state index contributed by atoms with van der Waals surface area (Å²) < 4.78 is 34.3. The van der Waals surface area contributed by atoms with Crippen molar-refractivity contribution in [3.05, 3.63) is 21.9 Å². The van der Waals surface area contributed by atoms with Gasteiger partial charge in [0.05, 0.1) is 35.9 Å². The van der Waals surface area contributed by atoms with Crippen molar-refractivity contribution in [2.45, 2.75) is 102 Å². The lowest BCUT2D eigenvalue weighted by molar-refractivity contribution is 0.0122. The summed E-state index contributed by atoms with van der Waals surface area (Å²) in [6.07, 6.45) is 5.25. The molecule has 9 nitrogen and oxygen atoms in total. The number of likely N-dealkylation sites (tertiary alicyclic amines) is 1. The summed E-state index contributed by atoms with van der Waals surface area (Å²) in [4.78, 5) is 29.4. The van der Waals surface area contributed by atoms with Gasteiger partial charge in [-0.05, 0) is 86.4 Å². The smallest absolute Gasteiger partial charge is 0.410 e. The van der Waals surface area contributed by atoms with Gasteiger partial charge in [0.25, 0.3) is 0 Å². The van der Waals surface area contributed by atoms with Crippen LogP contribution < -0.4 is 9.64 Å². The average molecular weight is 661 g/mol. The van der Waals surface area contributed by atoms with Gasteiger partial charge in [-0.1, -0.05) is 13.8 Å². The van der Waals surface area contributed by atoms with E-state index in [0.717, 1.165) is 57.4 Å². The number of benzene rings is 1. The van der Waals surface area contributed by atoms with Gasteiger partial charge in [-0.25, -0.2) is 9.18 Å². The quantitative estimate of drug-likeness (QED) is 0.365. The van der Waals surface area contributed by atoms with Crippen LogP contribution in [0.3, 0.4) is 0 Å². The molecule has 234 valence electrons. The molecule has 4 atom stereocenters. The summed E-state index contributed by atoms with van der Waals surface area (Å²) in [5, 5.41) is 0.677. The number of carbonyl (C=O) groups is 1. The molecule has 2 aromatic rings. The summed E-state index contributed by atoms with van der Waals surface area (Å²) in [5.41, 5.74) is 0.667. The number of fused-ring (bicyclic) bond motifs is 5. The van der Waals surface area contributed by atoms with Crippen LogP contribution in [0.2, 0.25) is 0 Å². The fourth-order valence-electron chi connectivity index (χ4n) is 7.45. The second-order valence-corrected chi connectivity index (χ2v) is 15.5. The monoisotopic (exact) mass is 659 g/mol. The Morgan fingerprint density at radius 2 is 1.88 bits per heavy atom. The zero-order valence-electron chi connectivity index (χ0n) is 25.9. The van der Waals surface area contributed by atoms with Crippen molar-refractivity contribution in [2.75, 3.05) is 44.3 Å². The molecule has 4 saturated heterocycles. The number of anilines is 1. The van der Waals surface area contributed by atoms with Crippen molar-refractivity contribution < 1.29 is 23.4 Å². The van der Waals surface area contributed by atoms with Crippen LogP contribution in [-0.2, 0) is 9.47 Å². The van der Waals surface area contributed by atoms with Crippen molar-refractivity contribution in [1.82, 2.24) is 19.8 Å². The molecule has 43 heavy (non-hydrogen) atoms. The van der Waals surface area contributed by atoms with Gasteiger partial charge in [0, 0.05) is 43.0 Å². The second-order valence-electron chi connectivity index (χ2n) is 14.7.